The van der Waals surface area contributed by atoms with Crippen LogP contribution in [0.15, 0.2) is 24.3 Å². The number of para-hydroxylation sites is 1. The van der Waals surface area contributed by atoms with Gasteiger partial charge in [-0.05, 0) is 43.7 Å². The van der Waals surface area contributed by atoms with Crippen LogP contribution in [0.2, 0.25) is 0 Å². The van der Waals surface area contributed by atoms with Gasteiger partial charge in [0, 0.05) is 13.1 Å². The third-order valence-corrected chi connectivity index (χ3v) is 4.38. The monoisotopic (exact) mass is 305 g/mol. The normalized spacial score (nSPS) is 21.2. The summed E-state index contributed by atoms with van der Waals surface area (Å²) in [6.07, 6.45) is 4.24. The first-order valence-corrected chi connectivity index (χ1v) is 7.69. The van der Waals surface area contributed by atoms with Gasteiger partial charge >= 0.3 is 5.97 Å². The molecule has 1 N–H and O–H groups in total. The Hall–Kier alpha value is -2.04. The fourth-order valence-electron chi connectivity index (χ4n) is 2.79. The summed E-state index contributed by atoms with van der Waals surface area (Å²) < 4.78 is 5.01. The number of ether oxygens (including phenoxy) is 1. The molecular weight excluding hydrogens is 282 g/mol. The number of phenolic OH excluding ortho intramolecular Hbond substituents is 1. The predicted octanol–water partition coefficient (Wildman–Crippen LogP) is 2.59. The van der Waals surface area contributed by atoms with E-state index in [1.807, 2.05) is 0 Å². The molecule has 5 nitrogen and oxygen atoms in total. The number of amides is 1. The van der Waals surface area contributed by atoms with E-state index in [1.165, 1.54) is 12.1 Å². The maximum Gasteiger partial charge on any atom is 0.342 e. The van der Waals surface area contributed by atoms with Gasteiger partial charge in [-0.2, -0.15) is 0 Å². The minimum Gasteiger partial charge on any atom is -0.507 e. The number of likely N-dealkylation sites (N-methyl/N-ethyl adjacent to an activating group) is 1. The van der Waals surface area contributed by atoms with Crippen molar-refractivity contribution in [3.63, 3.8) is 0 Å². The first-order chi connectivity index (χ1) is 10.5. The van der Waals surface area contributed by atoms with Gasteiger partial charge in [0.05, 0.1) is 0 Å². The van der Waals surface area contributed by atoms with Crippen molar-refractivity contribution in [2.75, 3.05) is 13.7 Å². The highest BCUT2D eigenvalue weighted by Gasteiger charge is 2.25. The van der Waals surface area contributed by atoms with Crippen molar-refractivity contribution in [1.82, 2.24) is 4.90 Å². The molecule has 0 saturated heterocycles. The van der Waals surface area contributed by atoms with Crippen LogP contribution >= 0.6 is 0 Å². The van der Waals surface area contributed by atoms with Gasteiger partial charge in [-0.15, -0.1) is 0 Å². The van der Waals surface area contributed by atoms with Gasteiger partial charge < -0.3 is 14.7 Å². The second-order valence-corrected chi connectivity index (χ2v) is 6.01. The number of aromatic hydroxyl groups is 1. The second-order valence-electron chi connectivity index (χ2n) is 6.01. The minimum atomic E-state index is -0.683. The van der Waals surface area contributed by atoms with Gasteiger partial charge in [-0.25, -0.2) is 4.79 Å². The van der Waals surface area contributed by atoms with E-state index in [0.717, 1.165) is 31.6 Å². The Kier molecular flexibility index (Phi) is 5.41. The zero-order valence-electron chi connectivity index (χ0n) is 13.1. The summed E-state index contributed by atoms with van der Waals surface area (Å²) in [5.74, 6) is -0.311. The summed E-state index contributed by atoms with van der Waals surface area (Å²) in [7, 11) is 1.76. The maximum atomic E-state index is 12.1. The number of carbonyl (C=O) groups is 2. The molecule has 1 aliphatic rings. The van der Waals surface area contributed by atoms with Gasteiger partial charge in [0.15, 0.2) is 6.61 Å². The first kappa shape index (κ1) is 16.3. The van der Waals surface area contributed by atoms with E-state index in [1.54, 1.807) is 24.1 Å². The van der Waals surface area contributed by atoms with E-state index < -0.39 is 5.97 Å². The molecule has 1 saturated carbocycles. The zero-order valence-corrected chi connectivity index (χ0v) is 13.1. The predicted molar refractivity (Wildman–Crippen MR) is 82.6 cm³/mol. The van der Waals surface area contributed by atoms with Crippen LogP contribution in [0, 0.1) is 5.92 Å². The Morgan fingerprint density at radius 1 is 1.23 bits per heavy atom. The summed E-state index contributed by atoms with van der Waals surface area (Å²) in [6.45, 7) is 1.93. The largest absolute Gasteiger partial charge is 0.507 e. The maximum absolute atomic E-state index is 12.1. The van der Waals surface area contributed by atoms with Crippen LogP contribution in [-0.2, 0) is 9.53 Å². The first-order valence-electron chi connectivity index (χ1n) is 7.69. The SMILES string of the molecule is CC1CCC(N(C)C(=O)COC(=O)c2ccccc2O)CC1. The van der Waals surface area contributed by atoms with Gasteiger partial charge in [-0.3, -0.25) is 4.79 Å². The van der Waals surface area contributed by atoms with Crippen molar-refractivity contribution in [2.24, 2.45) is 5.92 Å². The number of hydrogen-bond donors (Lipinski definition) is 1. The molecule has 0 bridgehead atoms. The van der Waals surface area contributed by atoms with E-state index in [2.05, 4.69) is 6.92 Å². The molecule has 1 amide bonds. The molecule has 0 spiro atoms. The van der Waals surface area contributed by atoms with Gasteiger partial charge in [0.1, 0.15) is 11.3 Å². The fraction of sp³-hybridized carbons (Fsp3) is 0.529. The van der Waals surface area contributed by atoms with Crippen molar-refractivity contribution >= 4 is 11.9 Å². The average molecular weight is 305 g/mol. The molecule has 2 rings (SSSR count). The Bertz CT molecular complexity index is 535. The third-order valence-electron chi connectivity index (χ3n) is 4.38. The molecule has 1 fully saturated rings. The van der Waals surface area contributed by atoms with Crippen LogP contribution in [0.1, 0.15) is 43.0 Å². The van der Waals surface area contributed by atoms with Crippen LogP contribution in [0.4, 0.5) is 0 Å². The Morgan fingerprint density at radius 2 is 1.86 bits per heavy atom. The molecule has 0 aliphatic heterocycles. The molecule has 0 atom stereocenters. The van der Waals surface area contributed by atoms with E-state index in [-0.39, 0.29) is 29.9 Å². The minimum absolute atomic E-state index is 0.0736. The molecule has 1 aromatic carbocycles. The van der Waals surface area contributed by atoms with Crippen LogP contribution in [-0.4, -0.2) is 41.6 Å². The third kappa shape index (κ3) is 4.00. The number of rotatable bonds is 4. The van der Waals surface area contributed by atoms with Crippen molar-refractivity contribution < 1.29 is 19.4 Å². The lowest BCUT2D eigenvalue weighted by Gasteiger charge is -2.33. The number of hydrogen-bond acceptors (Lipinski definition) is 4. The molecule has 0 unspecified atom stereocenters. The Balaban J connectivity index is 1.84. The van der Waals surface area contributed by atoms with Crippen LogP contribution in [0.25, 0.3) is 0 Å². The Morgan fingerprint density at radius 3 is 2.50 bits per heavy atom. The lowest BCUT2D eigenvalue weighted by atomic mass is 9.87. The molecule has 0 radical (unpaired) electrons. The van der Waals surface area contributed by atoms with Gasteiger partial charge in [0.25, 0.3) is 5.91 Å². The van der Waals surface area contributed by atoms with E-state index >= 15 is 0 Å². The lowest BCUT2D eigenvalue weighted by molar-refractivity contribution is -0.136. The topological polar surface area (TPSA) is 66.8 Å². The van der Waals surface area contributed by atoms with Crippen LogP contribution < -0.4 is 0 Å². The average Bonchev–Trinajstić information content (AvgIpc) is 2.52. The summed E-state index contributed by atoms with van der Waals surface area (Å²) in [6, 6.07) is 6.36. The van der Waals surface area contributed by atoms with Crippen molar-refractivity contribution in [2.45, 2.75) is 38.6 Å². The summed E-state index contributed by atoms with van der Waals surface area (Å²) in [5, 5.41) is 9.59. The number of carbonyl (C=O) groups excluding carboxylic acids is 2. The summed E-state index contributed by atoms with van der Waals surface area (Å²) in [4.78, 5) is 25.7. The van der Waals surface area contributed by atoms with E-state index in [9.17, 15) is 14.7 Å². The summed E-state index contributed by atoms with van der Waals surface area (Å²) in [5.41, 5.74) is 0.0736. The van der Waals surface area contributed by atoms with Crippen molar-refractivity contribution in [3.05, 3.63) is 29.8 Å². The molecule has 1 aliphatic carbocycles. The standard InChI is InChI=1S/C17H23NO4/c1-12-7-9-13(10-8-12)18(2)16(20)11-22-17(21)14-5-3-4-6-15(14)19/h3-6,12-13,19H,7-11H2,1-2H3. The van der Waals surface area contributed by atoms with Gasteiger partial charge in [0.2, 0.25) is 0 Å². The van der Waals surface area contributed by atoms with Crippen LogP contribution in [0.3, 0.4) is 0 Å². The number of esters is 1. The highest BCUT2D eigenvalue weighted by Crippen LogP contribution is 2.26. The second kappa shape index (κ2) is 7.29. The quantitative estimate of drug-likeness (QED) is 0.868. The van der Waals surface area contributed by atoms with Crippen molar-refractivity contribution in [3.8, 4) is 5.75 Å². The van der Waals surface area contributed by atoms with E-state index in [4.69, 9.17) is 4.74 Å². The van der Waals surface area contributed by atoms with E-state index in [0.29, 0.717) is 0 Å². The molecule has 0 heterocycles. The Labute approximate surface area is 130 Å². The van der Waals surface area contributed by atoms with Gasteiger partial charge in [-0.1, -0.05) is 19.1 Å². The van der Waals surface area contributed by atoms with Crippen LogP contribution in [0.5, 0.6) is 5.75 Å². The highest BCUT2D eigenvalue weighted by molar-refractivity contribution is 5.93. The molecule has 22 heavy (non-hydrogen) atoms. The zero-order chi connectivity index (χ0) is 16.1. The summed E-state index contributed by atoms with van der Waals surface area (Å²) >= 11 is 0. The smallest absolute Gasteiger partial charge is 0.342 e. The lowest BCUT2D eigenvalue weighted by Crippen LogP contribution is -2.41. The molecular formula is C17H23NO4. The molecule has 1 aromatic rings. The fourth-order valence-corrected chi connectivity index (χ4v) is 2.79. The number of nitrogens with zero attached hydrogens (tertiary/aromatic N) is 1. The number of phenols is 1. The molecule has 5 heteroatoms. The highest BCUT2D eigenvalue weighted by atomic mass is 16.5. The number of benzene rings is 1. The van der Waals surface area contributed by atoms with Crippen molar-refractivity contribution in [1.29, 1.82) is 0 Å². The molecule has 0 aromatic heterocycles. The molecule has 120 valence electrons.